The Bertz CT molecular complexity index is 1290. The molecule has 3 aromatic rings. The van der Waals surface area contributed by atoms with Gasteiger partial charge in [0.05, 0.1) is 21.1 Å². The molecule has 33 heavy (non-hydrogen) atoms. The highest BCUT2D eigenvalue weighted by molar-refractivity contribution is 9.11. The van der Waals surface area contributed by atoms with Crippen molar-refractivity contribution < 1.29 is 22.7 Å². The lowest BCUT2D eigenvalue weighted by Gasteiger charge is -2.26. The molecule has 4 rings (SSSR count). The molecule has 0 fully saturated rings. The van der Waals surface area contributed by atoms with Crippen molar-refractivity contribution in [1.82, 2.24) is 5.32 Å². The van der Waals surface area contributed by atoms with Crippen LogP contribution in [0.5, 0.6) is 0 Å². The SMILES string of the molecule is O=C(COC(=O)c1ccccc1NS(=O)(=O)c1ccc(Br)s1)NC1CCCc2ccccc21. The van der Waals surface area contributed by atoms with Crippen LogP contribution in [0.3, 0.4) is 0 Å². The third-order valence-electron chi connectivity index (χ3n) is 5.24. The molecule has 172 valence electrons. The number of hydrogen-bond donors (Lipinski definition) is 2. The van der Waals surface area contributed by atoms with E-state index < -0.39 is 28.5 Å². The highest BCUT2D eigenvalue weighted by Gasteiger charge is 2.24. The number of halogens is 1. The van der Waals surface area contributed by atoms with Crippen molar-refractivity contribution in [2.45, 2.75) is 29.5 Å². The highest BCUT2D eigenvalue weighted by Crippen LogP contribution is 2.30. The van der Waals surface area contributed by atoms with Crippen LogP contribution in [-0.2, 0) is 26.0 Å². The van der Waals surface area contributed by atoms with Gasteiger partial charge in [-0.25, -0.2) is 13.2 Å². The average molecular weight is 549 g/mol. The van der Waals surface area contributed by atoms with Crippen LogP contribution < -0.4 is 10.0 Å². The smallest absolute Gasteiger partial charge is 0.340 e. The Labute approximate surface area is 204 Å². The molecule has 0 radical (unpaired) electrons. The predicted octanol–water partition coefficient (Wildman–Crippen LogP) is 4.66. The molecule has 0 saturated carbocycles. The second-order valence-electron chi connectivity index (χ2n) is 7.50. The minimum Gasteiger partial charge on any atom is -0.452 e. The molecule has 1 amide bonds. The van der Waals surface area contributed by atoms with Crippen LogP contribution in [0.4, 0.5) is 5.69 Å². The van der Waals surface area contributed by atoms with Gasteiger partial charge in [0, 0.05) is 0 Å². The first-order valence-corrected chi connectivity index (χ1v) is 13.3. The van der Waals surface area contributed by atoms with Gasteiger partial charge in [0.2, 0.25) is 0 Å². The number of ether oxygens (including phenoxy) is 1. The Hall–Kier alpha value is -2.69. The Kier molecular flexibility index (Phi) is 7.16. The van der Waals surface area contributed by atoms with Crippen LogP contribution in [0, 0.1) is 0 Å². The van der Waals surface area contributed by atoms with E-state index in [2.05, 4.69) is 32.0 Å². The fourth-order valence-corrected chi connectivity index (χ4v) is 6.83. The number of para-hydroxylation sites is 1. The molecule has 1 atom stereocenters. The minimum atomic E-state index is -3.88. The van der Waals surface area contributed by atoms with E-state index >= 15 is 0 Å². The van der Waals surface area contributed by atoms with Gasteiger partial charge < -0.3 is 10.1 Å². The molecule has 1 unspecified atom stereocenters. The predicted molar refractivity (Wildman–Crippen MR) is 130 cm³/mol. The maximum atomic E-state index is 12.6. The summed E-state index contributed by atoms with van der Waals surface area (Å²) in [6.45, 7) is -0.462. The van der Waals surface area contributed by atoms with Crippen molar-refractivity contribution in [1.29, 1.82) is 0 Å². The van der Waals surface area contributed by atoms with Gasteiger partial charge in [-0.2, -0.15) is 0 Å². The van der Waals surface area contributed by atoms with Crippen molar-refractivity contribution in [3.8, 4) is 0 Å². The number of aryl methyl sites for hydroxylation is 1. The first-order valence-electron chi connectivity index (χ1n) is 10.2. The second kappa shape index (κ2) is 10.1. The van der Waals surface area contributed by atoms with E-state index in [9.17, 15) is 18.0 Å². The molecule has 1 aliphatic carbocycles. The molecule has 2 N–H and O–H groups in total. The normalized spacial score (nSPS) is 15.4. The summed E-state index contributed by atoms with van der Waals surface area (Å²) in [5, 5.41) is 2.93. The number of fused-ring (bicyclic) bond motifs is 1. The molecule has 1 aromatic heterocycles. The zero-order chi connectivity index (χ0) is 23.4. The Balaban J connectivity index is 1.40. The molecular weight excluding hydrogens is 528 g/mol. The zero-order valence-corrected chi connectivity index (χ0v) is 20.6. The fourth-order valence-electron chi connectivity index (χ4n) is 3.74. The number of sulfonamides is 1. The highest BCUT2D eigenvalue weighted by atomic mass is 79.9. The summed E-state index contributed by atoms with van der Waals surface area (Å²) < 4.78 is 33.7. The summed E-state index contributed by atoms with van der Waals surface area (Å²) in [5.74, 6) is -1.20. The largest absolute Gasteiger partial charge is 0.452 e. The van der Waals surface area contributed by atoms with Crippen LogP contribution in [0.1, 0.15) is 40.4 Å². The number of rotatable bonds is 7. The van der Waals surface area contributed by atoms with Crippen molar-refractivity contribution in [3.05, 3.63) is 81.1 Å². The number of nitrogens with one attached hydrogen (secondary N) is 2. The Morgan fingerprint density at radius 3 is 2.61 bits per heavy atom. The maximum absolute atomic E-state index is 12.6. The van der Waals surface area contributed by atoms with Crippen LogP contribution in [-0.4, -0.2) is 26.9 Å². The summed E-state index contributed by atoms with van der Waals surface area (Å²) in [6, 6.07) is 17.1. The Morgan fingerprint density at radius 2 is 1.82 bits per heavy atom. The van der Waals surface area contributed by atoms with Gasteiger partial charge in [0.25, 0.3) is 15.9 Å². The molecule has 0 saturated heterocycles. The van der Waals surface area contributed by atoms with Crippen LogP contribution in [0.25, 0.3) is 0 Å². The first-order chi connectivity index (χ1) is 15.8. The van der Waals surface area contributed by atoms with Gasteiger partial charge in [-0.15, -0.1) is 11.3 Å². The topological polar surface area (TPSA) is 102 Å². The lowest BCUT2D eigenvalue weighted by molar-refractivity contribution is -0.125. The van der Waals surface area contributed by atoms with Gasteiger partial charge in [-0.1, -0.05) is 36.4 Å². The van der Waals surface area contributed by atoms with Crippen molar-refractivity contribution in [3.63, 3.8) is 0 Å². The molecule has 0 aliphatic heterocycles. The maximum Gasteiger partial charge on any atom is 0.340 e. The first kappa shape index (κ1) is 23.5. The van der Waals surface area contributed by atoms with E-state index in [0.717, 1.165) is 36.2 Å². The number of amides is 1. The molecule has 1 aliphatic rings. The molecule has 7 nitrogen and oxygen atoms in total. The van der Waals surface area contributed by atoms with Crippen molar-refractivity contribution in [2.75, 3.05) is 11.3 Å². The third kappa shape index (κ3) is 5.63. The molecule has 0 spiro atoms. The van der Waals surface area contributed by atoms with E-state index in [1.165, 1.54) is 23.8 Å². The molecule has 10 heteroatoms. The summed E-state index contributed by atoms with van der Waals surface area (Å²) >= 11 is 4.29. The van der Waals surface area contributed by atoms with Gasteiger partial charge in [0.1, 0.15) is 4.21 Å². The number of carbonyl (C=O) groups is 2. The van der Waals surface area contributed by atoms with Crippen LogP contribution >= 0.6 is 27.3 Å². The lowest BCUT2D eigenvalue weighted by atomic mass is 9.88. The molecule has 1 heterocycles. The van der Waals surface area contributed by atoms with E-state index in [-0.39, 0.29) is 21.5 Å². The second-order valence-corrected chi connectivity index (χ2v) is 11.9. The minimum absolute atomic E-state index is 0.0208. The monoisotopic (exact) mass is 548 g/mol. The zero-order valence-electron chi connectivity index (χ0n) is 17.4. The van der Waals surface area contributed by atoms with Crippen molar-refractivity contribution >= 4 is 54.9 Å². The number of carbonyl (C=O) groups excluding carboxylic acids is 2. The van der Waals surface area contributed by atoms with Gasteiger partial charge in [-0.05, 0) is 70.6 Å². The van der Waals surface area contributed by atoms with Gasteiger partial charge in [-0.3, -0.25) is 9.52 Å². The fraction of sp³-hybridized carbons (Fsp3) is 0.217. The summed E-state index contributed by atoms with van der Waals surface area (Å²) in [7, 11) is -3.88. The number of anilines is 1. The van der Waals surface area contributed by atoms with E-state index in [1.54, 1.807) is 18.2 Å². The third-order valence-corrected chi connectivity index (χ3v) is 8.72. The van der Waals surface area contributed by atoms with Crippen LogP contribution in [0.15, 0.2) is 68.7 Å². The quantitative estimate of drug-likeness (QED) is 0.418. The van der Waals surface area contributed by atoms with Gasteiger partial charge >= 0.3 is 5.97 Å². The Morgan fingerprint density at radius 1 is 1.06 bits per heavy atom. The van der Waals surface area contributed by atoms with Gasteiger partial charge in [0.15, 0.2) is 6.61 Å². The number of benzene rings is 2. The number of thiophene rings is 1. The van der Waals surface area contributed by atoms with Crippen LogP contribution in [0.2, 0.25) is 0 Å². The molecule has 0 bridgehead atoms. The van der Waals surface area contributed by atoms with Crippen molar-refractivity contribution in [2.24, 2.45) is 0 Å². The summed E-state index contributed by atoms with van der Waals surface area (Å²) in [6.07, 6.45) is 2.77. The van der Waals surface area contributed by atoms with E-state index in [1.807, 2.05) is 18.2 Å². The molecular formula is C23H21BrN2O5S2. The lowest BCUT2D eigenvalue weighted by Crippen LogP contribution is -2.34. The number of hydrogen-bond acceptors (Lipinski definition) is 6. The van der Waals surface area contributed by atoms with E-state index in [0.29, 0.717) is 3.79 Å². The summed E-state index contributed by atoms with van der Waals surface area (Å²) in [4.78, 5) is 25.1. The standard InChI is InChI=1S/C23H21BrN2O5S2/c24-20-12-13-22(32-20)33(29,30)26-19-10-4-3-9-17(19)23(28)31-14-21(27)25-18-11-5-7-15-6-1-2-8-16(15)18/h1-4,6,8-10,12-13,18,26H,5,7,11,14H2,(H,25,27). The summed E-state index contributed by atoms with van der Waals surface area (Å²) in [5.41, 5.74) is 2.40. The van der Waals surface area contributed by atoms with E-state index in [4.69, 9.17) is 4.74 Å². The number of esters is 1. The average Bonchev–Trinajstić information content (AvgIpc) is 3.25. The molecule has 2 aromatic carbocycles.